The first-order chi connectivity index (χ1) is 21.2. The number of aromatic nitrogens is 3. The van der Waals surface area contributed by atoms with Crippen LogP contribution in [-0.4, -0.2) is 81.7 Å². The number of hydrogen-bond acceptors (Lipinski definition) is 9. The molecule has 4 aromatic rings. The smallest absolute Gasteiger partial charge is 0.257 e. The van der Waals surface area contributed by atoms with Crippen LogP contribution in [0.2, 0.25) is 0 Å². The third-order valence-electron chi connectivity index (χ3n) is 7.44. The standard InChI is InChI=1S/C32H35N7O4S/c1-5-29(41)34-23-7-6-8-24(18-23)39-30(42)17-21(2)26-20-33-32(36-31(26)39)35-27-10-9-25(19-28(27)43-4)44-16-15-37-11-13-38(14-12-37)22(3)40/h5-10,17-20H,1,11-16H2,2-4H3,(H,34,41)(H,33,35,36). The summed E-state index contributed by atoms with van der Waals surface area (Å²) in [6.07, 6.45) is 2.87. The van der Waals surface area contributed by atoms with Gasteiger partial charge in [0, 0.05) is 73.6 Å². The fraction of sp³-hybridized carbons (Fsp3) is 0.281. The van der Waals surface area contributed by atoms with E-state index in [0.29, 0.717) is 34.4 Å². The number of rotatable bonds is 10. The van der Waals surface area contributed by atoms with Crippen LogP contribution in [0.4, 0.5) is 17.3 Å². The number of hydrogen-bond donors (Lipinski definition) is 2. The monoisotopic (exact) mass is 613 g/mol. The van der Waals surface area contributed by atoms with Crippen LogP contribution in [0.1, 0.15) is 12.5 Å². The zero-order valence-electron chi connectivity index (χ0n) is 25.0. The summed E-state index contributed by atoms with van der Waals surface area (Å²) in [7, 11) is 1.61. The molecule has 5 rings (SSSR count). The van der Waals surface area contributed by atoms with Crippen LogP contribution in [0, 0.1) is 6.92 Å². The average molecular weight is 614 g/mol. The number of piperazine rings is 1. The van der Waals surface area contributed by atoms with Gasteiger partial charge in [0.2, 0.25) is 17.8 Å². The van der Waals surface area contributed by atoms with E-state index in [9.17, 15) is 14.4 Å². The van der Waals surface area contributed by atoms with Crippen LogP contribution >= 0.6 is 11.8 Å². The second kappa shape index (κ2) is 13.7. The first-order valence-electron chi connectivity index (χ1n) is 14.2. The average Bonchev–Trinajstić information content (AvgIpc) is 3.02. The summed E-state index contributed by atoms with van der Waals surface area (Å²) >= 11 is 1.75. The Hall–Kier alpha value is -4.68. The minimum atomic E-state index is -0.348. The van der Waals surface area contributed by atoms with Gasteiger partial charge in [-0.3, -0.25) is 23.9 Å². The van der Waals surface area contributed by atoms with Crippen molar-refractivity contribution in [1.29, 1.82) is 0 Å². The molecule has 2 aromatic carbocycles. The maximum absolute atomic E-state index is 13.2. The summed E-state index contributed by atoms with van der Waals surface area (Å²) in [6, 6.07) is 14.4. The first-order valence-corrected chi connectivity index (χ1v) is 15.2. The molecule has 1 aliphatic rings. The van der Waals surface area contributed by atoms with Gasteiger partial charge in [-0.25, -0.2) is 4.98 Å². The third kappa shape index (κ3) is 7.09. The van der Waals surface area contributed by atoms with Gasteiger partial charge < -0.3 is 20.3 Å². The SMILES string of the molecule is C=CC(=O)Nc1cccc(-n2c(=O)cc(C)c3cnc(Nc4ccc(SCCN5CCN(C(C)=O)CC5)cc4OC)nc32)c1. The number of carbonyl (C=O) groups is 2. The van der Waals surface area contributed by atoms with Gasteiger partial charge in [-0.05, 0) is 55.0 Å². The van der Waals surface area contributed by atoms with Crippen LogP contribution < -0.4 is 20.9 Å². The topological polar surface area (TPSA) is 122 Å². The summed E-state index contributed by atoms with van der Waals surface area (Å²) in [6.45, 7) is 11.2. The van der Waals surface area contributed by atoms with Crippen molar-refractivity contribution in [3.05, 3.63) is 83.3 Å². The molecule has 0 atom stereocenters. The van der Waals surface area contributed by atoms with Crippen LogP contribution in [0.5, 0.6) is 5.75 Å². The van der Waals surface area contributed by atoms with Gasteiger partial charge in [0.25, 0.3) is 5.56 Å². The molecule has 44 heavy (non-hydrogen) atoms. The predicted octanol–water partition coefficient (Wildman–Crippen LogP) is 4.22. The molecular weight excluding hydrogens is 578 g/mol. The van der Waals surface area contributed by atoms with Gasteiger partial charge in [-0.2, -0.15) is 4.98 Å². The van der Waals surface area contributed by atoms with Crippen molar-refractivity contribution in [2.45, 2.75) is 18.7 Å². The lowest BCUT2D eigenvalue weighted by molar-refractivity contribution is -0.130. The molecular formula is C32H35N7O4S. The number of amides is 2. The molecule has 1 saturated heterocycles. The Kier molecular flexibility index (Phi) is 9.61. The Bertz CT molecular complexity index is 1770. The zero-order valence-corrected chi connectivity index (χ0v) is 25.8. The number of nitrogens with one attached hydrogen (secondary N) is 2. The van der Waals surface area contributed by atoms with E-state index in [2.05, 4.69) is 27.1 Å². The van der Waals surface area contributed by atoms with Gasteiger partial charge in [-0.1, -0.05) is 12.6 Å². The molecule has 3 heterocycles. The molecule has 0 saturated carbocycles. The lowest BCUT2D eigenvalue weighted by Crippen LogP contribution is -2.48. The number of aryl methyl sites for hydroxylation is 1. The largest absolute Gasteiger partial charge is 0.495 e. The van der Waals surface area contributed by atoms with E-state index in [1.807, 2.05) is 30.0 Å². The molecule has 11 nitrogen and oxygen atoms in total. The predicted molar refractivity (Wildman–Crippen MR) is 174 cm³/mol. The highest BCUT2D eigenvalue weighted by atomic mass is 32.2. The van der Waals surface area contributed by atoms with E-state index in [1.54, 1.807) is 62.3 Å². The first kappa shape index (κ1) is 30.8. The minimum Gasteiger partial charge on any atom is -0.495 e. The quantitative estimate of drug-likeness (QED) is 0.200. The maximum Gasteiger partial charge on any atom is 0.257 e. The maximum atomic E-state index is 13.2. The molecule has 0 unspecified atom stereocenters. The number of methoxy groups -OCH3 is 1. The van der Waals surface area contributed by atoms with Crippen LogP contribution in [0.25, 0.3) is 16.7 Å². The van der Waals surface area contributed by atoms with E-state index >= 15 is 0 Å². The Morgan fingerprint density at radius 1 is 1.11 bits per heavy atom. The Labute approximate surface area is 259 Å². The highest BCUT2D eigenvalue weighted by Crippen LogP contribution is 2.32. The van der Waals surface area contributed by atoms with Crippen molar-refractivity contribution in [1.82, 2.24) is 24.3 Å². The van der Waals surface area contributed by atoms with E-state index in [-0.39, 0.29) is 17.4 Å². The molecule has 2 N–H and O–H groups in total. The van der Waals surface area contributed by atoms with Crippen molar-refractivity contribution in [2.75, 3.05) is 56.2 Å². The number of fused-ring (bicyclic) bond motifs is 1. The third-order valence-corrected chi connectivity index (χ3v) is 8.41. The Morgan fingerprint density at radius 3 is 2.64 bits per heavy atom. The second-order valence-corrected chi connectivity index (χ2v) is 11.5. The van der Waals surface area contributed by atoms with E-state index < -0.39 is 0 Å². The molecule has 1 aliphatic heterocycles. The summed E-state index contributed by atoms with van der Waals surface area (Å²) in [5, 5.41) is 6.69. The van der Waals surface area contributed by atoms with Crippen molar-refractivity contribution in [3.63, 3.8) is 0 Å². The van der Waals surface area contributed by atoms with Crippen LogP contribution in [0.3, 0.4) is 0 Å². The molecule has 228 valence electrons. The van der Waals surface area contributed by atoms with Crippen LogP contribution in [-0.2, 0) is 9.59 Å². The number of anilines is 3. The normalized spacial score (nSPS) is 13.5. The number of benzene rings is 2. The van der Waals surface area contributed by atoms with Gasteiger partial charge in [-0.15, -0.1) is 11.8 Å². The van der Waals surface area contributed by atoms with Gasteiger partial charge in [0.05, 0.1) is 18.5 Å². The van der Waals surface area contributed by atoms with Gasteiger partial charge in [0.1, 0.15) is 5.75 Å². The lowest BCUT2D eigenvalue weighted by atomic mass is 10.2. The number of pyridine rings is 1. The van der Waals surface area contributed by atoms with E-state index in [4.69, 9.17) is 9.72 Å². The van der Waals surface area contributed by atoms with E-state index in [1.165, 1.54) is 10.6 Å². The second-order valence-electron chi connectivity index (χ2n) is 10.4. The zero-order chi connectivity index (χ0) is 31.2. The highest BCUT2D eigenvalue weighted by Gasteiger charge is 2.18. The van der Waals surface area contributed by atoms with Gasteiger partial charge in [0.15, 0.2) is 5.65 Å². The molecule has 0 spiro atoms. The molecule has 0 radical (unpaired) electrons. The lowest BCUT2D eigenvalue weighted by Gasteiger charge is -2.34. The number of thioether (sulfide) groups is 1. The summed E-state index contributed by atoms with van der Waals surface area (Å²) in [4.78, 5) is 51.2. The summed E-state index contributed by atoms with van der Waals surface area (Å²) in [5.41, 5.74) is 2.68. The fourth-order valence-electron chi connectivity index (χ4n) is 5.04. The molecule has 2 aromatic heterocycles. The van der Waals surface area contributed by atoms with E-state index in [0.717, 1.165) is 54.3 Å². The van der Waals surface area contributed by atoms with Crippen molar-refractivity contribution >= 4 is 51.9 Å². The molecule has 0 bridgehead atoms. The van der Waals surface area contributed by atoms with Crippen molar-refractivity contribution in [3.8, 4) is 11.4 Å². The molecule has 0 aliphatic carbocycles. The molecule has 12 heteroatoms. The van der Waals surface area contributed by atoms with Crippen LogP contribution in [0.15, 0.2) is 77.1 Å². The summed E-state index contributed by atoms with van der Waals surface area (Å²) < 4.78 is 7.18. The Balaban J connectivity index is 1.34. The fourth-order valence-corrected chi connectivity index (χ4v) is 5.98. The number of ether oxygens (including phenoxy) is 1. The Morgan fingerprint density at radius 2 is 1.91 bits per heavy atom. The molecule has 2 amide bonds. The number of carbonyl (C=O) groups excluding carboxylic acids is 2. The highest BCUT2D eigenvalue weighted by molar-refractivity contribution is 7.99. The summed E-state index contributed by atoms with van der Waals surface area (Å²) in [5.74, 6) is 1.65. The number of nitrogens with zero attached hydrogens (tertiary/aromatic N) is 5. The van der Waals surface area contributed by atoms with Gasteiger partial charge >= 0.3 is 0 Å². The van der Waals surface area contributed by atoms with Crippen molar-refractivity contribution < 1.29 is 14.3 Å². The minimum absolute atomic E-state index is 0.138. The molecule has 1 fully saturated rings. The van der Waals surface area contributed by atoms with Crippen molar-refractivity contribution in [2.24, 2.45) is 0 Å².